The summed E-state index contributed by atoms with van der Waals surface area (Å²) in [6.07, 6.45) is 0.0270. The average Bonchev–Trinajstić information content (AvgIpc) is 2.68. The van der Waals surface area contributed by atoms with E-state index in [2.05, 4.69) is 5.32 Å². The van der Waals surface area contributed by atoms with Crippen molar-refractivity contribution in [3.05, 3.63) is 65.5 Å². The van der Waals surface area contributed by atoms with E-state index in [4.69, 9.17) is 4.74 Å². The molecule has 0 radical (unpaired) electrons. The van der Waals surface area contributed by atoms with Gasteiger partial charge in [-0.15, -0.1) is 0 Å². The maximum Gasteiger partial charge on any atom is 0.251 e. The van der Waals surface area contributed by atoms with E-state index in [1.54, 1.807) is 18.2 Å². The van der Waals surface area contributed by atoms with E-state index in [1.165, 1.54) is 34.6 Å². The van der Waals surface area contributed by atoms with Crippen molar-refractivity contribution in [2.24, 2.45) is 0 Å². The lowest BCUT2D eigenvalue weighted by molar-refractivity contribution is -0.0440. The first-order valence-electron chi connectivity index (χ1n) is 9.54. The van der Waals surface area contributed by atoms with Gasteiger partial charge in [-0.05, 0) is 56.2 Å². The van der Waals surface area contributed by atoms with Gasteiger partial charge in [-0.3, -0.25) is 4.79 Å². The maximum absolute atomic E-state index is 13.6. The number of hydrogen-bond acceptors (Lipinski definition) is 4. The normalized spacial score (nSPS) is 20.4. The van der Waals surface area contributed by atoms with Crippen molar-refractivity contribution in [1.29, 1.82) is 0 Å². The Morgan fingerprint density at radius 3 is 2.34 bits per heavy atom. The van der Waals surface area contributed by atoms with Gasteiger partial charge >= 0.3 is 0 Å². The largest absolute Gasteiger partial charge is 0.373 e. The van der Waals surface area contributed by atoms with E-state index in [9.17, 15) is 17.6 Å². The predicted octanol–water partition coefficient (Wildman–Crippen LogP) is 2.60. The Hall–Kier alpha value is -2.29. The van der Waals surface area contributed by atoms with Gasteiger partial charge in [-0.25, -0.2) is 12.8 Å². The Morgan fingerprint density at radius 1 is 1.10 bits per heavy atom. The van der Waals surface area contributed by atoms with E-state index in [-0.39, 0.29) is 35.4 Å². The lowest BCUT2D eigenvalue weighted by Gasteiger charge is -2.34. The van der Waals surface area contributed by atoms with Crippen LogP contribution in [0.25, 0.3) is 0 Å². The third kappa shape index (κ3) is 5.20. The molecule has 1 fully saturated rings. The monoisotopic (exact) mass is 420 g/mol. The molecular formula is C21H25FN2O4S. The lowest BCUT2D eigenvalue weighted by atomic mass is 10.1. The standard InChI is InChI=1S/C21H25FN2O4S/c1-15-13-24(14-16(2)28-15)29(26,27)19-9-7-18(8-10-19)21(25)23-12-11-17-5-3-4-6-20(17)22/h3-10,15-16H,11-14H2,1-2H3,(H,23,25)/t15-,16-/m1/s1. The van der Waals surface area contributed by atoms with Gasteiger partial charge in [0.2, 0.25) is 10.0 Å². The van der Waals surface area contributed by atoms with Crippen LogP contribution in [0.1, 0.15) is 29.8 Å². The number of morpholine rings is 1. The van der Waals surface area contributed by atoms with Crippen molar-refractivity contribution in [3.8, 4) is 0 Å². The van der Waals surface area contributed by atoms with E-state index in [0.29, 0.717) is 30.6 Å². The van der Waals surface area contributed by atoms with E-state index < -0.39 is 10.0 Å². The average molecular weight is 421 g/mol. The molecule has 0 aliphatic carbocycles. The Labute approximate surface area is 170 Å². The molecule has 0 bridgehead atoms. The van der Waals surface area contributed by atoms with Gasteiger partial charge in [-0.1, -0.05) is 18.2 Å². The van der Waals surface area contributed by atoms with Gasteiger partial charge in [0.1, 0.15) is 5.82 Å². The van der Waals surface area contributed by atoms with Crippen molar-refractivity contribution >= 4 is 15.9 Å². The van der Waals surface area contributed by atoms with Crippen molar-refractivity contribution in [2.75, 3.05) is 19.6 Å². The van der Waals surface area contributed by atoms with Crippen molar-refractivity contribution in [3.63, 3.8) is 0 Å². The van der Waals surface area contributed by atoms with Gasteiger partial charge < -0.3 is 10.1 Å². The summed E-state index contributed by atoms with van der Waals surface area (Å²) < 4.78 is 46.3. The molecule has 1 amide bonds. The molecule has 6 nitrogen and oxygen atoms in total. The van der Waals surface area contributed by atoms with Gasteiger partial charge in [0.15, 0.2) is 0 Å². The first kappa shape index (κ1) is 21.4. The molecule has 0 saturated carbocycles. The summed E-state index contributed by atoms with van der Waals surface area (Å²) in [5, 5.41) is 2.73. The van der Waals surface area contributed by atoms with Gasteiger partial charge in [0, 0.05) is 25.2 Å². The molecular weight excluding hydrogens is 395 g/mol. The van der Waals surface area contributed by atoms with Crippen molar-refractivity contribution in [1.82, 2.24) is 9.62 Å². The number of halogens is 1. The Balaban J connectivity index is 1.61. The number of carbonyl (C=O) groups is 1. The number of carbonyl (C=O) groups excluding carboxylic acids is 1. The molecule has 8 heteroatoms. The van der Waals surface area contributed by atoms with Gasteiger partial charge in [-0.2, -0.15) is 4.31 Å². The molecule has 2 aromatic carbocycles. The number of amides is 1. The van der Waals surface area contributed by atoms with Crippen molar-refractivity contribution in [2.45, 2.75) is 37.4 Å². The molecule has 1 heterocycles. The van der Waals surface area contributed by atoms with Gasteiger partial charge in [0.25, 0.3) is 5.91 Å². The number of sulfonamides is 1. The summed E-state index contributed by atoms with van der Waals surface area (Å²) in [6, 6.07) is 12.3. The molecule has 3 rings (SSSR count). The maximum atomic E-state index is 13.6. The minimum atomic E-state index is -3.65. The van der Waals surface area contributed by atoms with Gasteiger partial charge in [0.05, 0.1) is 17.1 Å². The highest BCUT2D eigenvalue weighted by Gasteiger charge is 2.32. The van der Waals surface area contributed by atoms with E-state index >= 15 is 0 Å². The van der Waals surface area contributed by atoms with Crippen LogP contribution in [0.4, 0.5) is 4.39 Å². The Bertz CT molecular complexity index is 953. The number of nitrogens with one attached hydrogen (secondary N) is 1. The SMILES string of the molecule is C[C@@H]1CN(S(=O)(=O)c2ccc(C(=O)NCCc3ccccc3F)cc2)C[C@@H](C)O1. The minimum Gasteiger partial charge on any atom is -0.373 e. The van der Waals surface area contributed by atoms with Crippen molar-refractivity contribution < 1.29 is 22.3 Å². The van der Waals surface area contributed by atoms with Crippen LogP contribution in [0, 0.1) is 5.82 Å². The van der Waals surface area contributed by atoms with Crippen LogP contribution >= 0.6 is 0 Å². The van der Waals surface area contributed by atoms with Crippen LogP contribution in [0.2, 0.25) is 0 Å². The second kappa shape index (κ2) is 9.02. The molecule has 2 atom stereocenters. The number of rotatable bonds is 6. The van der Waals surface area contributed by atoms with E-state index in [0.717, 1.165) is 0 Å². The fourth-order valence-electron chi connectivity index (χ4n) is 3.37. The highest BCUT2D eigenvalue weighted by molar-refractivity contribution is 7.89. The summed E-state index contributed by atoms with van der Waals surface area (Å²) in [5.74, 6) is -0.637. The fraction of sp³-hybridized carbons (Fsp3) is 0.381. The van der Waals surface area contributed by atoms with Crippen LogP contribution in [-0.2, 0) is 21.2 Å². The lowest BCUT2D eigenvalue weighted by Crippen LogP contribution is -2.48. The molecule has 0 spiro atoms. The number of ether oxygens (including phenoxy) is 1. The van der Waals surface area contributed by atoms with E-state index in [1.807, 2.05) is 13.8 Å². The highest BCUT2D eigenvalue weighted by Crippen LogP contribution is 2.21. The smallest absolute Gasteiger partial charge is 0.251 e. The predicted molar refractivity (Wildman–Crippen MR) is 108 cm³/mol. The highest BCUT2D eigenvalue weighted by atomic mass is 32.2. The Kier molecular flexibility index (Phi) is 6.66. The number of benzene rings is 2. The summed E-state index contributed by atoms with van der Waals surface area (Å²) in [6.45, 7) is 4.55. The molecule has 2 aromatic rings. The second-order valence-corrected chi connectivity index (χ2v) is 9.14. The van der Waals surface area contributed by atoms with Crippen LogP contribution < -0.4 is 5.32 Å². The molecule has 0 unspecified atom stereocenters. The van der Waals surface area contributed by atoms with Crippen LogP contribution in [0.15, 0.2) is 53.4 Å². The topological polar surface area (TPSA) is 75.7 Å². The first-order valence-corrected chi connectivity index (χ1v) is 11.0. The molecule has 0 aromatic heterocycles. The molecule has 156 valence electrons. The summed E-state index contributed by atoms with van der Waals surface area (Å²) >= 11 is 0. The van der Waals surface area contributed by atoms with Crippen LogP contribution in [0.5, 0.6) is 0 Å². The Morgan fingerprint density at radius 2 is 1.72 bits per heavy atom. The fourth-order valence-corrected chi connectivity index (χ4v) is 4.96. The molecule has 1 saturated heterocycles. The molecule has 1 aliphatic rings. The third-order valence-electron chi connectivity index (χ3n) is 4.78. The summed E-state index contributed by atoms with van der Waals surface area (Å²) in [7, 11) is -3.65. The quantitative estimate of drug-likeness (QED) is 0.780. The second-order valence-electron chi connectivity index (χ2n) is 7.20. The molecule has 1 N–H and O–H groups in total. The minimum absolute atomic E-state index is 0.140. The zero-order valence-corrected chi connectivity index (χ0v) is 17.3. The molecule has 1 aliphatic heterocycles. The number of nitrogens with zero attached hydrogens (tertiary/aromatic N) is 1. The zero-order valence-electron chi connectivity index (χ0n) is 16.5. The third-order valence-corrected chi connectivity index (χ3v) is 6.62. The summed E-state index contributed by atoms with van der Waals surface area (Å²) in [5.41, 5.74) is 0.879. The first-order chi connectivity index (χ1) is 13.8. The van der Waals surface area contributed by atoms with Crippen LogP contribution in [0.3, 0.4) is 0 Å². The van der Waals surface area contributed by atoms with Crippen LogP contribution in [-0.4, -0.2) is 50.5 Å². The zero-order chi connectivity index (χ0) is 21.0. The molecule has 29 heavy (non-hydrogen) atoms. The summed E-state index contributed by atoms with van der Waals surface area (Å²) in [4.78, 5) is 12.4. The number of hydrogen-bond donors (Lipinski definition) is 1.